The summed E-state index contributed by atoms with van der Waals surface area (Å²) in [7, 11) is 0. The van der Waals surface area contributed by atoms with Crippen LogP contribution in [-0.2, 0) is 23.9 Å². The highest BCUT2D eigenvalue weighted by Crippen LogP contribution is 2.39. The Balaban J connectivity index is 1.05. The van der Waals surface area contributed by atoms with E-state index in [4.69, 9.17) is 33.8 Å². The molecule has 0 spiro atoms. The number of hydrogen-bond donors (Lipinski definition) is 1. The largest absolute Gasteiger partial charge is 0.494 e. The number of carbonyl (C=O) groups excluding carboxylic acids is 3. The molecule has 2 fully saturated rings. The molecule has 1 heterocycles. The third-order valence-corrected chi connectivity index (χ3v) is 14.1. The minimum atomic E-state index is -1.00. The van der Waals surface area contributed by atoms with Crippen molar-refractivity contribution < 1.29 is 43.2 Å². The van der Waals surface area contributed by atoms with Crippen LogP contribution in [-0.4, -0.2) is 66.9 Å². The number of para-hydroxylation sites is 1. The van der Waals surface area contributed by atoms with E-state index >= 15 is 0 Å². The zero-order valence-corrected chi connectivity index (χ0v) is 40.7. The minimum Gasteiger partial charge on any atom is -0.494 e. The highest BCUT2D eigenvalue weighted by atomic mass is 32.1. The van der Waals surface area contributed by atoms with Crippen molar-refractivity contribution in [1.82, 2.24) is 4.98 Å². The average Bonchev–Trinajstić information content (AvgIpc) is 3.81. The lowest BCUT2D eigenvalue weighted by Gasteiger charge is -2.30. The van der Waals surface area contributed by atoms with Crippen molar-refractivity contribution in [3.8, 4) is 17.2 Å². The number of nitrogens with zero attached hydrogens (tertiary/aromatic N) is 3. The molecule has 4 aromatic rings. The molecule has 6 rings (SSSR count). The van der Waals surface area contributed by atoms with Crippen molar-refractivity contribution >= 4 is 50.8 Å². The molecule has 1 atom stereocenters. The minimum absolute atomic E-state index is 0.118. The average molecular weight is 950 g/mol. The monoisotopic (exact) mass is 949 g/mol. The normalized spacial score (nSPS) is 18.7. The first kappa shape index (κ1) is 51.9. The molecule has 0 saturated heterocycles. The van der Waals surface area contributed by atoms with Gasteiger partial charge in [0.25, 0.3) is 0 Å². The molecule has 0 amide bonds. The Bertz CT molecular complexity index is 2190. The maximum atomic E-state index is 13.9. The van der Waals surface area contributed by atoms with Gasteiger partial charge in [-0.3, -0.25) is 4.79 Å². The standard InChI is InChI=1S/C55H71N3O9S/c1-4-17-40-20-22-41(23-21-40)44-28-33-49(45(38-44)39-56-58(34-13-7-8-15-36-64-51(59)5-2)55-57-48-18-11-12-19-50(48)68-55)67-54(62)43-26-24-42(25-27-43)53(61)66-47-31-29-46(30-32-47)63-35-14-9-10-16-37-65-52(60)6-3/h5-6,11-12,18-19,28-33,38-43,53,61H,2-4,7-10,13-17,20-27,34-37H2,1H3/b56-39+. The topological polar surface area (TPSA) is 146 Å². The number of ether oxygens (including phenoxy) is 5. The van der Waals surface area contributed by atoms with Crippen LogP contribution in [0.1, 0.15) is 140 Å². The molecule has 68 heavy (non-hydrogen) atoms. The molecule has 12 nitrogen and oxygen atoms in total. The number of rotatable bonds is 28. The lowest BCUT2D eigenvalue weighted by Crippen LogP contribution is -2.33. The van der Waals surface area contributed by atoms with Gasteiger partial charge in [0.15, 0.2) is 6.29 Å². The summed E-state index contributed by atoms with van der Waals surface area (Å²) in [4.78, 5) is 41.4. The van der Waals surface area contributed by atoms with E-state index in [-0.39, 0.29) is 17.8 Å². The summed E-state index contributed by atoms with van der Waals surface area (Å²) in [5.41, 5.74) is 2.93. The summed E-state index contributed by atoms with van der Waals surface area (Å²) in [5.74, 6) is 1.51. The maximum absolute atomic E-state index is 13.9. The molecule has 3 aromatic carbocycles. The van der Waals surface area contributed by atoms with Gasteiger partial charge in [-0.2, -0.15) is 5.10 Å². The number of esters is 3. The fraction of sp³-hybridized carbons (Fsp3) is 0.509. The number of unbranched alkanes of at least 4 members (excludes halogenated alkanes) is 6. The maximum Gasteiger partial charge on any atom is 0.330 e. The molecule has 2 aliphatic rings. The zero-order valence-electron chi connectivity index (χ0n) is 39.9. The first-order chi connectivity index (χ1) is 33.2. The summed E-state index contributed by atoms with van der Waals surface area (Å²) in [5, 5.41) is 18.9. The number of carbonyl (C=O) groups is 3. The Hall–Kier alpha value is -5.53. The summed E-state index contributed by atoms with van der Waals surface area (Å²) in [6, 6.07) is 21.6. The fourth-order valence-corrected chi connectivity index (χ4v) is 10.1. The number of benzene rings is 3. The number of aliphatic hydroxyl groups is 1. The van der Waals surface area contributed by atoms with E-state index in [1.807, 2.05) is 47.6 Å². The van der Waals surface area contributed by atoms with Gasteiger partial charge in [-0.05, 0) is 162 Å². The lowest BCUT2D eigenvalue weighted by atomic mass is 9.77. The summed E-state index contributed by atoms with van der Waals surface area (Å²) in [6.07, 6.45) is 19.9. The van der Waals surface area contributed by atoms with Gasteiger partial charge in [0.1, 0.15) is 17.2 Å². The van der Waals surface area contributed by atoms with Gasteiger partial charge in [0.05, 0.1) is 42.2 Å². The molecule has 1 unspecified atom stereocenters. The van der Waals surface area contributed by atoms with Crippen molar-refractivity contribution in [2.45, 2.75) is 135 Å². The highest BCUT2D eigenvalue weighted by molar-refractivity contribution is 7.22. The van der Waals surface area contributed by atoms with E-state index < -0.39 is 18.2 Å². The number of aromatic nitrogens is 1. The third-order valence-electron chi connectivity index (χ3n) is 13.1. The van der Waals surface area contributed by atoms with E-state index in [0.29, 0.717) is 69.5 Å². The molecule has 0 bridgehead atoms. The number of hydrazone groups is 1. The highest BCUT2D eigenvalue weighted by Gasteiger charge is 2.33. The fourth-order valence-electron chi connectivity index (χ4n) is 9.12. The number of hydrogen-bond acceptors (Lipinski definition) is 13. The molecular formula is C55H71N3O9S. The van der Waals surface area contributed by atoms with E-state index in [9.17, 15) is 19.5 Å². The summed E-state index contributed by atoms with van der Waals surface area (Å²) < 4.78 is 29.3. The first-order valence-electron chi connectivity index (χ1n) is 24.9. The van der Waals surface area contributed by atoms with Crippen LogP contribution in [0.15, 0.2) is 97.1 Å². The summed E-state index contributed by atoms with van der Waals surface area (Å²) in [6.45, 7) is 11.1. The van der Waals surface area contributed by atoms with Crippen molar-refractivity contribution in [3.05, 3.63) is 103 Å². The van der Waals surface area contributed by atoms with Gasteiger partial charge in [0.2, 0.25) is 5.13 Å². The van der Waals surface area contributed by atoms with Crippen molar-refractivity contribution in [3.63, 3.8) is 0 Å². The van der Waals surface area contributed by atoms with Crippen LogP contribution < -0.4 is 19.2 Å². The predicted octanol–water partition coefficient (Wildman–Crippen LogP) is 12.3. The summed E-state index contributed by atoms with van der Waals surface area (Å²) >= 11 is 1.60. The Kier molecular flexibility index (Phi) is 21.4. The zero-order chi connectivity index (χ0) is 47.9. The lowest BCUT2D eigenvalue weighted by molar-refractivity contribution is -0.142. The Labute approximate surface area is 406 Å². The van der Waals surface area contributed by atoms with Gasteiger partial charge >= 0.3 is 17.9 Å². The SMILES string of the molecule is C=CC(=O)OCCCCCCOc1ccc(OC(O)C2CCC(C(=O)Oc3ccc(C4CCC(CCC)CC4)cc3/C=N/N(CCCCCCOC(=O)C=C)c3nc4ccccc4s3)CC2)cc1. The van der Waals surface area contributed by atoms with E-state index in [2.05, 4.69) is 38.3 Å². The van der Waals surface area contributed by atoms with Crippen LogP contribution in [0, 0.1) is 17.8 Å². The molecule has 1 aromatic heterocycles. The van der Waals surface area contributed by atoms with Crippen LogP contribution in [0.25, 0.3) is 10.2 Å². The second kappa shape index (κ2) is 28.1. The smallest absolute Gasteiger partial charge is 0.330 e. The van der Waals surface area contributed by atoms with Crippen LogP contribution in [0.4, 0.5) is 5.13 Å². The van der Waals surface area contributed by atoms with Crippen LogP contribution >= 0.6 is 11.3 Å². The molecule has 0 radical (unpaired) electrons. The van der Waals surface area contributed by atoms with Gasteiger partial charge in [-0.15, -0.1) is 0 Å². The van der Waals surface area contributed by atoms with E-state index in [1.165, 1.54) is 43.4 Å². The first-order valence-corrected chi connectivity index (χ1v) is 25.7. The van der Waals surface area contributed by atoms with Crippen molar-refractivity contribution in [1.29, 1.82) is 0 Å². The second-order valence-electron chi connectivity index (χ2n) is 18.1. The molecule has 0 aliphatic heterocycles. The van der Waals surface area contributed by atoms with E-state index in [1.54, 1.807) is 23.5 Å². The second-order valence-corrected chi connectivity index (χ2v) is 19.1. The van der Waals surface area contributed by atoms with Crippen LogP contribution in [0.2, 0.25) is 0 Å². The molecule has 2 aliphatic carbocycles. The number of anilines is 1. The Morgan fingerprint density at radius 2 is 1.44 bits per heavy atom. The number of fused-ring (bicyclic) bond motifs is 1. The van der Waals surface area contributed by atoms with Crippen molar-refractivity contribution in [2.24, 2.45) is 22.9 Å². The molecule has 13 heteroatoms. The van der Waals surface area contributed by atoms with E-state index in [0.717, 1.165) is 96.8 Å². The van der Waals surface area contributed by atoms with Crippen LogP contribution in [0.5, 0.6) is 17.2 Å². The predicted molar refractivity (Wildman–Crippen MR) is 270 cm³/mol. The Morgan fingerprint density at radius 1 is 0.794 bits per heavy atom. The van der Waals surface area contributed by atoms with Crippen molar-refractivity contribution in [2.75, 3.05) is 31.4 Å². The number of thiazole rings is 1. The quantitative estimate of drug-likeness (QED) is 0.0110. The van der Waals surface area contributed by atoms with Crippen LogP contribution in [0.3, 0.4) is 0 Å². The molecule has 366 valence electrons. The van der Waals surface area contributed by atoms with Gasteiger partial charge in [-0.25, -0.2) is 19.6 Å². The Morgan fingerprint density at radius 3 is 2.10 bits per heavy atom. The third kappa shape index (κ3) is 16.6. The van der Waals surface area contributed by atoms with Gasteiger partial charge in [0, 0.05) is 30.2 Å². The number of aliphatic hydroxyl groups excluding tert-OH is 1. The molecule has 2 saturated carbocycles. The molecular weight excluding hydrogens is 879 g/mol. The molecule has 1 N–H and O–H groups in total. The van der Waals surface area contributed by atoms with Gasteiger partial charge in [-0.1, -0.05) is 68.9 Å². The van der Waals surface area contributed by atoms with Gasteiger partial charge < -0.3 is 28.8 Å².